The van der Waals surface area contributed by atoms with Crippen molar-refractivity contribution in [3.05, 3.63) is 63.7 Å². The van der Waals surface area contributed by atoms with E-state index in [-0.39, 0.29) is 52.4 Å². The number of hydrogen-bond acceptors (Lipinski definition) is 9. The molecule has 2 atom stereocenters. The van der Waals surface area contributed by atoms with E-state index in [1.54, 1.807) is 18.3 Å². The van der Waals surface area contributed by atoms with Gasteiger partial charge in [-0.05, 0) is 50.6 Å². The normalized spacial score (nSPS) is 16.9. The fourth-order valence-corrected chi connectivity index (χ4v) is 5.03. The monoisotopic (exact) mass is 586 g/mol. The molecule has 41 heavy (non-hydrogen) atoms. The number of alkyl halides is 3. The molecule has 214 valence electrons. The van der Waals surface area contributed by atoms with Crippen LogP contribution in [0.15, 0.2) is 41.7 Å². The number of ether oxygens (including phenoxy) is 2. The van der Waals surface area contributed by atoms with Crippen molar-refractivity contribution in [3.63, 3.8) is 0 Å². The lowest BCUT2D eigenvalue weighted by Gasteiger charge is -2.34. The fourth-order valence-electron chi connectivity index (χ4n) is 4.80. The van der Waals surface area contributed by atoms with Gasteiger partial charge in [0.25, 0.3) is 0 Å². The molecule has 1 aliphatic heterocycles. The van der Waals surface area contributed by atoms with E-state index < -0.39 is 11.7 Å². The van der Waals surface area contributed by atoms with E-state index in [9.17, 15) is 13.2 Å². The predicted octanol–water partition coefficient (Wildman–Crippen LogP) is 5.78. The SMILES string of the molecule is COc1nc2c3c(nc(/C=C(/C(C)=C\c4ccn[nH]4)C(F)(F)F)c(Cl)c3n1)OC[C@H](C)N2C(C)c1cccnc1N. The molecule has 0 bridgehead atoms. The first-order chi connectivity index (χ1) is 19.5. The first-order valence-electron chi connectivity index (χ1n) is 12.5. The Balaban J connectivity index is 1.73. The maximum absolute atomic E-state index is 14.3. The lowest BCUT2D eigenvalue weighted by molar-refractivity contribution is -0.0883. The Morgan fingerprint density at radius 3 is 2.68 bits per heavy atom. The van der Waals surface area contributed by atoms with Gasteiger partial charge in [0, 0.05) is 18.0 Å². The molecule has 14 heteroatoms. The van der Waals surface area contributed by atoms with Gasteiger partial charge in [0.15, 0.2) is 0 Å². The van der Waals surface area contributed by atoms with Crippen LogP contribution in [-0.4, -0.2) is 56.1 Å². The quantitative estimate of drug-likeness (QED) is 0.270. The third kappa shape index (κ3) is 5.36. The van der Waals surface area contributed by atoms with Crippen molar-refractivity contribution in [2.24, 2.45) is 0 Å². The lowest BCUT2D eigenvalue weighted by atomic mass is 10.0. The summed E-state index contributed by atoms with van der Waals surface area (Å²) in [5, 5.41) is 6.63. The van der Waals surface area contributed by atoms with Crippen LogP contribution in [0.25, 0.3) is 23.1 Å². The van der Waals surface area contributed by atoms with Crippen LogP contribution in [-0.2, 0) is 0 Å². The molecule has 0 amide bonds. The topological polar surface area (TPSA) is 128 Å². The zero-order valence-electron chi connectivity index (χ0n) is 22.5. The molecule has 5 rings (SSSR count). The van der Waals surface area contributed by atoms with Crippen molar-refractivity contribution in [3.8, 4) is 11.9 Å². The summed E-state index contributed by atoms with van der Waals surface area (Å²) in [7, 11) is 1.39. The molecule has 0 spiro atoms. The number of nitrogens with one attached hydrogen (secondary N) is 1. The average molecular weight is 587 g/mol. The highest BCUT2D eigenvalue weighted by molar-refractivity contribution is 6.37. The molecule has 1 aliphatic rings. The fraction of sp³-hybridized carbons (Fsp3) is 0.296. The zero-order valence-corrected chi connectivity index (χ0v) is 23.2. The molecular formula is C27H26ClF3N8O2. The Morgan fingerprint density at radius 1 is 1.24 bits per heavy atom. The molecule has 10 nitrogen and oxygen atoms in total. The van der Waals surface area contributed by atoms with Crippen LogP contribution in [0.5, 0.6) is 11.9 Å². The van der Waals surface area contributed by atoms with Gasteiger partial charge in [0.1, 0.15) is 29.1 Å². The number of nitrogens with two attached hydrogens (primary N) is 1. The van der Waals surface area contributed by atoms with Crippen molar-refractivity contribution < 1.29 is 22.6 Å². The minimum Gasteiger partial charge on any atom is -0.475 e. The Hall–Kier alpha value is -4.39. The Labute approximate surface area is 238 Å². The molecule has 0 aromatic carbocycles. The molecule has 4 aromatic heterocycles. The third-order valence-electron chi connectivity index (χ3n) is 6.75. The van der Waals surface area contributed by atoms with Crippen LogP contribution in [0.4, 0.5) is 24.8 Å². The smallest absolute Gasteiger partial charge is 0.416 e. The molecule has 0 saturated heterocycles. The summed E-state index contributed by atoms with van der Waals surface area (Å²) in [5.74, 6) is 0.786. The largest absolute Gasteiger partial charge is 0.475 e. The van der Waals surface area contributed by atoms with Gasteiger partial charge in [-0.1, -0.05) is 17.7 Å². The number of aromatic nitrogens is 6. The van der Waals surface area contributed by atoms with Crippen molar-refractivity contribution in [1.29, 1.82) is 0 Å². The van der Waals surface area contributed by atoms with E-state index in [4.69, 9.17) is 26.8 Å². The van der Waals surface area contributed by atoms with Crippen molar-refractivity contribution in [1.82, 2.24) is 30.1 Å². The standard InChI is InChI=1S/C27H26ClF3N8O2/c1-13(10-16-7-9-34-38-16)18(27(29,30)31)11-19-21(28)22-20-24(37-26(36-22)40-4)39(14(2)12-41-25(20)35-19)15(3)17-6-5-8-33-23(17)32/h5-11,14-15H,12H2,1-4H3,(H2,32,33)(H,34,38)/b13-10-,18-11-/t14-,15?/m0/s1. The summed E-state index contributed by atoms with van der Waals surface area (Å²) in [6.07, 6.45) is 0.543. The van der Waals surface area contributed by atoms with Crippen molar-refractivity contribution in [2.75, 3.05) is 24.4 Å². The van der Waals surface area contributed by atoms with Crippen LogP contribution < -0.4 is 20.1 Å². The molecule has 5 heterocycles. The van der Waals surface area contributed by atoms with E-state index in [1.165, 1.54) is 26.3 Å². The van der Waals surface area contributed by atoms with E-state index in [0.717, 1.165) is 11.6 Å². The van der Waals surface area contributed by atoms with Gasteiger partial charge in [-0.2, -0.15) is 28.2 Å². The Kier molecular flexibility index (Phi) is 7.47. The first-order valence-corrected chi connectivity index (χ1v) is 12.9. The molecule has 4 aromatic rings. The Morgan fingerprint density at radius 2 is 2.02 bits per heavy atom. The molecule has 0 saturated carbocycles. The predicted molar refractivity (Wildman–Crippen MR) is 150 cm³/mol. The van der Waals surface area contributed by atoms with Crippen LogP contribution in [0.3, 0.4) is 0 Å². The summed E-state index contributed by atoms with van der Waals surface area (Å²) in [4.78, 5) is 19.6. The highest BCUT2D eigenvalue weighted by atomic mass is 35.5. The maximum Gasteiger partial charge on any atom is 0.416 e. The number of methoxy groups -OCH3 is 1. The van der Waals surface area contributed by atoms with Crippen LogP contribution in [0.2, 0.25) is 5.02 Å². The second-order valence-electron chi connectivity index (χ2n) is 9.49. The van der Waals surface area contributed by atoms with Gasteiger partial charge in [-0.3, -0.25) is 5.10 Å². The number of nitrogens with zero attached hydrogens (tertiary/aromatic N) is 6. The average Bonchev–Trinajstić information content (AvgIpc) is 3.39. The molecule has 1 unspecified atom stereocenters. The van der Waals surface area contributed by atoms with Gasteiger partial charge in [-0.15, -0.1) is 0 Å². The third-order valence-corrected chi connectivity index (χ3v) is 7.12. The molecule has 0 fully saturated rings. The van der Waals surface area contributed by atoms with Gasteiger partial charge < -0.3 is 20.1 Å². The summed E-state index contributed by atoms with van der Waals surface area (Å²) < 4.78 is 54.2. The first kappa shape index (κ1) is 28.1. The number of hydrogen-bond donors (Lipinski definition) is 2. The van der Waals surface area contributed by atoms with Crippen molar-refractivity contribution in [2.45, 2.75) is 39.0 Å². The van der Waals surface area contributed by atoms with Gasteiger partial charge >= 0.3 is 12.2 Å². The zero-order chi connectivity index (χ0) is 29.5. The molecule has 3 N–H and O–H groups in total. The number of pyridine rings is 2. The second-order valence-corrected chi connectivity index (χ2v) is 9.87. The number of H-pyrrole nitrogens is 1. The summed E-state index contributed by atoms with van der Waals surface area (Å²) in [6, 6.07) is 4.56. The highest BCUT2D eigenvalue weighted by Gasteiger charge is 2.37. The number of halogens is 4. The number of rotatable bonds is 6. The maximum atomic E-state index is 14.3. The van der Waals surface area contributed by atoms with Crippen LogP contribution in [0.1, 0.15) is 43.8 Å². The summed E-state index contributed by atoms with van der Waals surface area (Å²) in [6.45, 7) is 5.34. The number of aromatic amines is 1. The molecule has 0 radical (unpaired) electrons. The minimum atomic E-state index is -4.71. The number of anilines is 2. The van der Waals surface area contributed by atoms with Crippen LogP contribution in [0, 0.1) is 0 Å². The van der Waals surface area contributed by atoms with Crippen molar-refractivity contribution >= 4 is 46.3 Å². The number of allylic oxidation sites excluding steroid dienone is 2. The Bertz CT molecular complexity index is 1660. The van der Waals surface area contributed by atoms with Gasteiger partial charge in [0.2, 0.25) is 5.88 Å². The van der Waals surface area contributed by atoms with Gasteiger partial charge in [-0.25, -0.2) is 9.97 Å². The summed E-state index contributed by atoms with van der Waals surface area (Å²) >= 11 is 6.74. The van der Waals surface area contributed by atoms with Gasteiger partial charge in [0.05, 0.1) is 41.2 Å². The van der Waals surface area contributed by atoms with Crippen LogP contribution >= 0.6 is 11.6 Å². The summed E-state index contributed by atoms with van der Waals surface area (Å²) in [5.41, 5.74) is 6.28. The second kappa shape index (κ2) is 10.9. The number of nitrogen functional groups attached to an aromatic ring is 1. The lowest BCUT2D eigenvalue weighted by Crippen LogP contribution is -2.39. The van der Waals surface area contributed by atoms with E-state index >= 15 is 0 Å². The minimum absolute atomic E-state index is 0.0293. The molecule has 0 aliphatic carbocycles. The van der Waals surface area contributed by atoms with E-state index in [0.29, 0.717) is 22.7 Å². The van der Waals surface area contributed by atoms with E-state index in [2.05, 4.69) is 30.1 Å². The molecular weight excluding hydrogens is 561 g/mol. The van der Waals surface area contributed by atoms with E-state index in [1.807, 2.05) is 24.8 Å². The highest BCUT2D eigenvalue weighted by Crippen LogP contribution is 2.44.